The number of benzene rings is 1. The summed E-state index contributed by atoms with van der Waals surface area (Å²) in [6.45, 7) is 8.89. The second-order valence-corrected chi connectivity index (χ2v) is 6.98. The van der Waals surface area contributed by atoms with Crippen molar-refractivity contribution in [3.63, 3.8) is 0 Å². The van der Waals surface area contributed by atoms with Gasteiger partial charge >= 0.3 is 0 Å². The number of nitrogen functional groups attached to an aromatic ring is 1. The zero-order valence-electron chi connectivity index (χ0n) is 13.6. The van der Waals surface area contributed by atoms with Crippen LogP contribution in [-0.4, -0.2) is 26.0 Å². The first-order chi connectivity index (χ1) is 9.82. The fourth-order valence-electron chi connectivity index (χ4n) is 3.12. The highest BCUT2D eigenvalue weighted by atomic mass is 16.1. The quantitative estimate of drug-likeness (QED) is 0.823. The highest BCUT2D eigenvalue weighted by molar-refractivity contribution is 6.00. The molecule has 3 N–H and O–H groups in total. The van der Waals surface area contributed by atoms with Gasteiger partial charge in [-0.15, -0.1) is 0 Å². The van der Waals surface area contributed by atoms with Gasteiger partial charge in [-0.3, -0.25) is 4.79 Å². The summed E-state index contributed by atoms with van der Waals surface area (Å²) in [6, 6.07) is 5.53. The minimum atomic E-state index is -0.0528. The molecule has 1 heterocycles. The van der Waals surface area contributed by atoms with E-state index in [-0.39, 0.29) is 5.91 Å². The van der Waals surface area contributed by atoms with E-state index in [0.717, 1.165) is 37.5 Å². The van der Waals surface area contributed by atoms with Crippen LogP contribution in [0.25, 0.3) is 0 Å². The molecule has 0 radical (unpaired) electrons. The number of rotatable bonds is 2. The summed E-state index contributed by atoms with van der Waals surface area (Å²) in [5.74, 6) is 0.682. The number of carbonyl (C=O) groups is 1. The van der Waals surface area contributed by atoms with E-state index in [1.807, 2.05) is 12.1 Å². The van der Waals surface area contributed by atoms with Crippen LogP contribution in [-0.2, 0) is 0 Å². The lowest BCUT2D eigenvalue weighted by atomic mass is 9.75. The third kappa shape index (κ3) is 3.49. The van der Waals surface area contributed by atoms with Crippen LogP contribution in [0.3, 0.4) is 0 Å². The van der Waals surface area contributed by atoms with Crippen LogP contribution in [0, 0.1) is 11.3 Å². The Labute approximate surface area is 127 Å². The number of nitrogens with two attached hydrogens (primary N) is 1. The largest absolute Gasteiger partial charge is 0.399 e. The lowest BCUT2D eigenvalue weighted by molar-refractivity contribution is 0.0963. The minimum absolute atomic E-state index is 0.0528. The maximum absolute atomic E-state index is 12.0. The van der Waals surface area contributed by atoms with Crippen molar-refractivity contribution < 1.29 is 4.79 Å². The number of anilines is 2. The molecule has 1 aromatic rings. The van der Waals surface area contributed by atoms with E-state index in [2.05, 4.69) is 31.0 Å². The molecule has 0 unspecified atom stereocenters. The van der Waals surface area contributed by atoms with Crippen LogP contribution in [0.4, 0.5) is 11.4 Å². The zero-order chi connectivity index (χ0) is 15.6. The third-order valence-electron chi connectivity index (χ3n) is 4.55. The fraction of sp³-hybridized carbons (Fsp3) is 0.588. The molecule has 0 atom stereocenters. The van der Waals surface area contributed by atoms with Gasteiger partial charge in [0.1, 0.15) is 0 Å². The summed E-state index contributed by atoms with van der Waals surface area (Å²) in [4.78, 5) is 14.3. The number of nitrogens with one attached hydrogen (secondary N) is 1. The molecule has 0 spiro atoms. The molecule has 1 fully saturated rings. The lowest BCUT2D eigenvalue weighted by Gasteiger charge is -2.40. The first-order valence-electron chi connectivity index (χ1n) is 7.69. The number of carbonyl (C=O) groups excluding carboxylic acids is 1. The molecule has 4 heteroatoms. The monoisotopic (exact) mass is 289 g/mol. The molecule has 2 rings (SSSR count). The van der Waals surface area contributed by atoms with E-state index in [4.69, 9.17) is 5.73 Å². The van der Waals surface area contributed by atoms with E-state index in [9.17, 15) is 4.79 Å². The van der Waals surface area contributed by atoms with E-state index in [1.165, 1.54) is 0 Å². The van der Waals surface area contributed by atoms with Crippen molar-refractivity contribution in [3.8, 4) is 0 Å². The predicted octanol–water partition coefficient (Wildman–Crippen LogP) is 2.89. The Morgan fingerprint density at radius 2 is 1.90 bits per heavy atom. The molecule has 0 bridgehead atoms. The molecule has 0 saturated carbocycles. The van der Waals surface area contributed by atoms with Crippen molar-refractivity contribution in [1.82, 2.24) is 5.32 Å². The summed E-state index contributed by atoms with van der Waals surface area (Å²) in [5, 5.41) is 2.71. The van der Waals surface area contributed by atoms with Crippen molar-refractivity contribution in [2.45, 2.75) is 33.6 Å². The van der Waals surface area contributed by atoms with Crippen molar-refractivity contribution >= 4 is 17.3 Å². The van der Waals surface area contributed by atoms with Crippen LogP contribution in [0.1, 0.15) is 44.0 Å². The van der Waals surface area contributed by atoms with Crippen LogP contribution < -0.4 is 16.0 Å². The van der Waals surface area contributed by atoms with Gasteiger partial charge < -0.3 is 16.0 Å². The first-order valence-corrected chi connectivity index (χ1v) is 7.69. The normalized spacial score (nSPS) is 16.9. The van der Waals surface area contributed by atoms with Gasteiger partial charge in [-0.05, 0) is 42.4 Å². The zero-order valence-corrected chi connectivity index (χ0v) is 13.6. The average Bonchev–Trinajstić information content (AvgIpc) is 2.45. The van der Waals surface area contributed by atoms with Crippen LogP contribution in [0.15, 0.2) is 18.2 Å². The second kappa shape index (κ2) is 5.96. The molecule has 4 nitrogen and oxygen atoms in total. The number of hydrogen-bond acceptors (Lipinski definition) is 3. The summed E-state index contributed by atoms with van der Waals surface area (Å²) in [5.41, 5.74) is 8.64. The lowest BCUT2D eigenvalue weighted by Crippen LogP contribution is -2.39. The maximum atomic E-state index is 12.0. The highest BCUT2D eigenvalue weighted by Crippen LogP contribution is 2.36. The first kappa shape index (κ1) is 15.7. The van der Waals surface area contributed by atoms with Gasteiger partial charge in [0, 0.05) is 25.8 Å². The average molecular weight is 289 g/mol. The molecular weight excluding hydrogens is 262 g/mol. The van der Waals surface area contributed by atoms with Crippen LogP contribution in [0.2, 0.25) is 0 Å². The van der Waals surface area contributed by atoms with E-state index >= 15 is 0 Å². The predicted molar refractivity (Wildman–Crippen MR) is 88.6 cm³/mol. The van der Waals surface area contributed by atoms with E-state index in [1.54, 1.807) is 13.1 Å². The van der Waals surface area contributed by atoms with Crippen LogP contribution >= 0.6 is 0 Å². The number of hydrogen-bond donors (Lipinski definition) is 2. The second-order valence-electron chi connectivity index (χ2n) is 6.98. The Morgan fingerprint density at radius 1 is 1.29 bits per heavy atom. The van der Waals surface area contributed by atoms with Gasteiger partial charge in [0.15, 0.2) is 0 Å². The van der Waals surface area contributed by atoms with Gasteiger partial charge in [0.2, 0.25) is 0 Å². The fourth-order valence-corrected chi connectivity index (χ4v) is 3.12. The number of nitrogens with zero attached hydrogens (tertiary/aromatic N) is 1. The van der Waals surface area contributed by atoms with Crippen molar-refractivity contribution in [1.29, 1.82) is 0 Å². The van der Waals surface area contributed by atoms with Gasteiger partial charge in [0.05, 0.1) is 11.3 Å². The maximum Gasteiger partial charge on any atom is 0.253 e. The van der Waals surface area contributed by atoms with Gasteiger partial charge in [-0.25, -0.2) is 0 Å². The topological polar surface area (TPSA) is 58.4 Å². The standard InChI is InChI=1S/C17H27N3O/c1-17(2,3)12-7-9-20(10-8-12)15-11-13(18)5-6-14(15)16(21)19-4/h5-6,11-12H,7-10,18H2,1-4H3,(H,19,21). The third-order valence-corrected chi connectivity index (χ3v) is 4.55. The summed E-state index contributed by atoms with van der Waals surface area (Å²) < 4.78 is 0. The Bertz CT molecular complexity index is 511. The SMILES string of the molecule is CNC(=O)c1ccc(N)cc1N1CCC(C(C)(C)C)CC1. The molecular formula is C17H27N3O. The smallest absolute Gasteiger partial charge is 0.253 e. The molecule has 1 aliphatic rings. The minimum Gasteiger partial charge on any atom is -0.399 e. The van der Waals surface area contributed by atoms with Gasteiger partial charge in [0.25, 0.3) is 5.91 Å². The molecule has 1 amide bonds. The number of amides is 1. The Kier molecular flexibility index (Phi) is 4.45. The molecule has 1 aromatic carbocycles. The molecule has 21 heavy (non-hydrogen) atoms. The van der Waals surface area contributed by atoms with Gasteiger partial charge in [-0.2, -0.15) is 0 Å². The molecule has 116 valence electrons. The highest BCUT2D eigenvalue weighted by Gasteiger charge is 2.29. The van der Waals surface area contributed by atoms with Crippen molar-refractivity contribution in [2.75, 3.05) is 30.8 Å². The van der Waals surface area contributed by atoms with Crippen LogP contribution in [0.5, 0.6) is 0 Å². The molecule has 0 aromatic heterocycles. The van der Waals surface area contributed by atoms with Crippen molar-refractivity contribution in [2.24, 2.45) is 11.3 Å². The summed E-state index contributed by atoms with van der Waals surface area (Å²) in [6.07, 6.45) is 2.32. The molecule has 0 aliphatic carbocycles. The van der Waals surface area contributed by atoms with E-state index in [0.29, 0.717) is 16.7 Å². The van der Waals surface area contributed by atoms with Gasteiger partial charge in [-0.1, -0.05) is 20.8 Å². The molecule has 1 aliphatic heterocycles. The molecule has 1 saturated heterocycles. The summed E-state index contributed by atoms with van der Waals surface area (Å²) in [7, 11) is 1.66. The Hall–Kier alpha value is -1.71. The Morgan fingerprint density at radius 3 is 2.43 bits per heavy atom. The number of piperidine rings is 1. The van der Waals surface area contributed by atoms with E-state index < -0.39 is 0 Å². The Balaban J connectivity index is 2.20. The summed E-state index contributed by atoms with van der Waals surface area (Å²) >= 11 is 0. The van der Waals surface area contributed by atoms with Crippen molar-refractivity contribution in [3.05, 3.63) is 23.8 Å².